The smallest absolute Gasteiger partial charge is 0.303 e. The first-order valence-corrected chi connectivity index (χ1v) is 5.58. The average Bonchev–Trinajstić information content (AvgIpc) is 2.20. The molecular weight excluding hydrogens is 202 g/mol. The molecule has 0 aromatic heterocycles. The van der Waals surface area contributed by atoms with E-state index in [4.69, 9.17) is 5.11 Å². The van der Waals surface area contributed by atoms with Crippen molar-refractivity contribution in [2.75, 3.05) is 6.54 Å². The number of benzene rings is 1. The van der Waals surface area contributed by atoms with Gasteiger partial charge in [-0.25, -0.2) is 0 Å². The van der Waals surface area contributed by atoms with Crippen molar-refractivity contribution in [3.63, 3.8) is 0 Å². The third kappa shape index (κ3) is 4.45. The van der Waals surface area contributed by atoms with E-state index < -0.39 is 5.97 Å². The van der Waals surface area contributed by atoms with E-state index in [-0.39, 0.29) is 6.42 Å². The predicted molar refractivity (Wildman–Crippen MR) is 64.5 cm³/mol. The molecule has 1 aromatic rings. The minimum absolute atomic E-state index is 0.236. The molecule has 0 bridgehead atoms. The number of hydrogen-bond acceptors (Lipinski definition) is 2. The van der Waals surface area contributed by atoms with Crippen LogP contribution in [0.15, 0.2) is 18.2 Å². The molecule has 1 rings (SSSR count). The van der Waals surface area contributed by atoms with Crippen molar-refractivity contribution in [1.82, 2.24) is 5.32 Å². The summed E-state index contributed by atoms with van der Waals surface area (Å²) in [7, 11) is 0. The zero-order valence-corrected chi connectivity index (χ0v) is 9.92. The van der Waals surface area contributed by atoms with Crippen LogP contribution in [0.5, 0.6) is 0 Å². The molecule has 0 aliphatic rings. The van der Waals surface area contributed by atoms with Crippen molar-refractivity contribution in [2.45, 2.75) is 33.2 Å². The molecule has 0 heterocycles. The van der Waals surface area contributed by atoms with Crippen LogP contribution in [0.1, 0.15) is 29.5 Å². The Kier molecular flexibility index (Phi) is 4.99. The number of carbonyl (C=O) groups is 1. The highest BCUT2D eigenvalue weighted by molar-refractivity contribution is 5.66. The maximum atomic E-state index is 10.3. The summed E-state index contributed by atoms with van der Waals surface area (Å²) in [5.41, 5.74) is 3.83. The molecule has 0 fully saturated rings. The van der Waals surface area contributed by atoms with Gasteiger partial charge < -0.3 is 10.4 Å². The number of nitrogens with one attached hydrogen (secondary N) is 1. The van der Waals surface area contributed by atoms with Crippen LogP contribution in [-0.2, 0) is 11.3 Å². The molecule has 0 amide bonds. The van der Waals surface area contributed by atoms with Crippen molar-refractivity contribution >= 4 is 5.97 Å². The summed E-state index contributed by atoms with van der Waals surface area (Å²) in [5.74, 6) is -0.728. The Morgan fingerprint density at radius 3 is 2.75 bits per heavy atom. The summed E-state index contributed by atoms with van der Waals surface area (Å²) in [6.07, 6.45) is 0.917. The summed E-state index contributed by atoms with van der Waals surface area (Å²) < 4.78 is 0. The van der Waals surface area contributed by atoms with Gasteiger partial charge in [-0.2, -0.15) is 0 Å². The van der Waals surface area contributed by atoms with Crippen LogP contribution in [-0.4, -0.2) is 17.6 Å². The highest BCUT2D eigenvalue weighted by Crippen LogP contribution is 2.09. The number of carboxylic acid groups (broad SMARTS) is 1. The van der Waals surface area contributed by atoms with Crippen LogP contribution in [0.4, 0.5) is 0 Å². The fraction of sp³-hybridized carbons (Fsp3) is 0.462. The van der Waals surface area contributed by atoms with Gasteiger partial charge in [-0.05, 0) is 37.9 Å². The lowest BCUT2D eigenvalue weighted by atomic mass is 10.1. The zero-order chi connectivity index (χ0) is 12.0. The number of aryl methyl sites for hydroxylation is 2. The first kappa shape index (κ1) is 12.7. The highest BCUT2D eigenvalue weighted by Gasteiger charge is 1.99. The fourth-order valence-electron chi connectivity index (χ4n) is 1.63. The Balaban J connectivity index is 2.29. The largest absolute Gasteiger partial charge is 0.481 e. The van der Waals surface area contributed by atoms with Gasteiger partial charge in [0.1, 0.15) is 0 Å². The highest BCUT2D eigenvalue weighted by atomic mass is 16.4. The minimum atomic E-state index is -0.728. The molecule has 0 saturated heterocycles. The lowest BCUT2D eigenvalue weighted by molar-refractivity contribution is -0.137. The molecule has 0 spiro atoms. The molecule has 1 aromatic carbocycles. The second kappa shape index (κ2) is 6.28. The SMILES string of the molecule is Cc1ccc(CNCCCC(=O)O)c(C)c1. The van der Waals surface area contributed by atoms with Gasteiger partial charge in [0.25, 0.3) is 0 Å². The topological polar surface area (TPSA) is 49.3 Å². The molecule has 0 aliphatic carbocycles. The van der Waals surface area contributed by atoms with E-state index in [1.54, 1.807) is 0 Å². The molecule has 0 saturated carbocycles. The number of carboxylic acids is 1. The standard InChI is InChI=1S/C13H19NO2/c1-10-5-6-12(11(2)8-10)9-14-7-3-4-13(15)16/h5-6,8,14H,3-4,7,9H2,1-2H3,(H,15,16). The van der Waals surface area contributed by atoms with Crippen molar-refractivity contribution in [3.05, 3.63) is 34.9 Å². The number of rotatable bonds is 6. The van der Waals surface area contributed by atoms with Crippen LogP contribution in [0.3, 0.4) is 0 Å². The van der Waals surface area contributed by atoms with E-state index in [9.17, 15) is 4.79 Å². The van der Waals surface area contributed by atoms with E-state index in [1.165, 1.54) is 16.7 Å². The first-order chi connectivity index (χ1) is 7.59. The molecule has 0 radical (unpaired) electrons. The second-order valence-electron chi connectivity index (χ2n) is 4.10. The zero-order valence-electron chi connectivity index (χ0n) is 9.92. The van der Waals surface area contributed by atoms with Gasteiger partial charge in [0.2, 0.25) is 0 Å². The lowest BCUT2D eigenvalue weighted by Gasteiger charge is -2.08. The minimum Gasteiger partial charge on any atom is -0.481 e. The molecule has 16 heavy (non-hydrogen) atoms. The number of aliphatic carboxylic acids is 1. The quantitative estimate of drug-likeness (QED) is 0.724. The summed E-state index contributed by atoms with van der Waals surface area (Å²) in [4.78, 5) is 10.3. The van der Waals surface area contributed by atoms with E-state index in [0.717, 1.165) is 13.1 Å². The van der Waals surface area contributed by atoms with E-state index in [0.29, 0.717) is 6.42 Å². The molecule has 2 N–H and O–H groups in total. The Morgan fingerprint density at radius 2 is 2.12 bits per heavy atom. The molecule has 88 valence electrons. The Hall–Kier alpha value is -1.35. The van der Waals surface area contributed by atoms with E-state index in [2.05, 4.69) is 37.4 Å². The van der Waals surface area contributed by atoms with Crippen molar-refractivity contribution in [3.8, 4) is 0 Å². The van der Waals surface area contributed by atoms with Crippen molar-refractivity contribution < 1.29 is 9.90 Å². The van der Waals surface area contributed by atoms with Gasteiger partial charge in [0.05, 0.1) is 0 Å². The monoisotopic (exact) mass is 221 g/mol. The van der Waals surface area contributed by atoms with Crippen LogP contribution in [0.2, 0.25) is 0 Å². The van der Waals surface area contributed by atoms with Crippen molar-refractivity contribution in [1.29, 1.82) is 0 Å². The third-order valence-electron chi connectivity index (χ3n) is 2.56. The second-order valence-corrected chi connectivity index (χ2v) is 4.10. The first-order valence-electron chi connectivity index (χ1n) is 5.58. The van der Waals surface area contributed by atoms with Crippen LogP contribution in [0.25, 0.3) is 0 Å². The summed E-state index contributed by atoms with van der Waals surface area (Å²) in [6, 6.07) is 6.38. The third-order valence-corrected chi connectivity index (χ3v) is 2.56. The van der Waals surface area contributed by atoms with Gasteiger partial charge in [-0.3, -0.25) is 4.79 Å². The normalized spacial score (nSPS) is 10.4. The van der Waals surface area contributed by atoms with Gasteiger partial charge in [0.15, 0.2) is 0 Å². The van der Waals surface area contributed by atoms with Gasteiger partial charge in [-0.1, -0.05) is 23.8 Å². The van der Waals surface area contributed by atoms with E-state index >= 15 is 0 Å². The van der Waals surface area contributed by atoms with Crippen LogP contribution in [0, 0.1) is 13.8 Å². The Labute approximate surface area is 96.5 Å². The molecule has 0 atom stereocenters. The predicted octanol–water partition coefficient (Wildman–Crippen LogP) is 2.26. The molecule has 3 heteroatoms. The fourth-order valence-corrected chi connectivity index (χ4v) is 1.63. The molecule has 3 nitrogen and oxygen atoms in total. The number of hydrogen-bond donors (Lipinski definition) is 2. The maximum absolute atomic E-state index is 10.3. The Morgan fingerprint density at radius 1 is 1.38 bits per heavy atom. The van der Waals surface area contributed by atoms with Crippen LogP contribution < -0.4 is 5.32 Å². The molecular formula is C13H19NO2. The summed E-state index contributed by atoms with van der Waals surface area (Å²) in [5, 5.41) is 11.7. The molecule has 0 unspecified atom stereocenters. The van der Waals surface area contributed by atoms with Gasteiger partial charge in [0, 0.05) is 13.0 Å². The lowest BCUT2D eigenvalue weighted by Crippen LogP contribution is -2.16. The van der Waals surface area contributed by atoms with E-state index in [1.807, 2.05) is 0 Å². The summed E-state index contributed by atoms with van der Waals surface area (Å²) >= 11 is 0. The summed E-state index contributed by atoms with van der Waals surface area (Å²) in [6.45, 7) is 5.74. The molecule has 0 aliphatic heterocycles. The van der Waals surface area contributed by atoms with Gasteiger partial charge >= 0.3 is 5.97 Å². The van der Waals surface area contributed by atoms with Crippen LogP contribution >= 0.6 is 0 Å². The van der Waals surface area contributed by atoms with Crippen molar-refractivity contribution in [2.24, 2.45) is 0 Å². The Bertz CT molecular complexity index is 361. The average molecular weight is 221 g/mol. The van der Waals surface area contributed by atoms with Gasteiger partial charge in [-0.15, -0.1) is 0 Å². The maximum Gasteiger partial charge on any atom is 0.303 e.